The Kier molecular flexibility index (Phi) is 7.14. The van der Waals surface area contributed by atoms with Crippen LogP contribution in [0.15, 0.2) is 42.6 Å². The van der Waals surface area contributed by atoms with E-state index in [0.29, 0.717) is 35.6 Å². The minimum Gasteiger partial charge on any atom is -0.395 e. The maximum atomic E-state index is 13.7. The van der Waals surface area contributed by atoms with Crippen LogP contribution in [-0.2, 0) is 21.8 Å². The first-order valence-corrected chi connectivity index (χ1v) is 15.6. The number of carbonyl (C=O) groups is 1. The van der Waals surface area contributed by atoms with Gasteiger partial charge in [0.1, 0.15) is 0 Å². The molecule has 1 spiro atoms. The smallest absolute Gasteiger partial charge is 0.255 e. The number of ether oxygens (including phenoxy) is 1. The number of morpholine rings is 1. The van der Waals surface area contributed by atoms with E-state index in [0.717, 1.165) is 61.3 Å². The predicted octanol–water partition coefficient (Wildman–Crippen LogP) is 3.38. The molecular formula is C29H37N5O5S. The number of amides is 1. The number of sulfonamides is 1. The van der Waals surface area contributed by atoms with Gasteiger partial charge in [-0.05, 0) is 67.5 Å². The van der Waals surface area contributed by atoms with Crippen molar-refractivity contribution < 1.29 is 23.1 Å². The summed E-state index contributed by atoms with van der Waals surface area (Å²) in [4.78, 5) is 18.2. The molecule has 3 aromatic rings. The lowest BCUT2D eigenvalue weighted by atomic mass is 9.93. The van der Waals surface area contributed by atoms with Crippen molar-refractivity contribution in [2.24, 2.45) is 12.5 Å². The molecule has 0 bridgehead atoms. The number of hydrogen-bond acceptors (Lipinski definition) is 7. The third kappa shape index (κ3) is 5.50. The van der Waals surface area contributed by atoms with Gasteiger partial charge in [-0.1, -0.05) is 0 Å². The Morgan fingerprint density at radius 2 is 1.70 bits per heavy atom. The molecule has 0 radical (unpaired) electrons. The molecule has 2 saturated heterocycles. The second-order valence-electron chi connectivity index (χ2n) is 11.3. The highest BCUT2D eigenvalue weighted by Crippen LogP contribution is 2.54. The number of benzene rings is 2. The van der Waals surface area contributed by atoms with Gasteiger partial charge in [0.05, 0.1) is 53.8 Å². The minimum atomic E-state index is -3.68. The quantitative estimate of drug-likeness (QED) is 0.382. The van der Waals surface area contributed by atoms with Crippen molar-refractivity contribution in [3.05, 3.63) is 48.2 Å². The number of aryl methyl sites for hydroxylation is 1. The molecule has 2 aromatic carbocycles. The van der Waals surface area contributed by atoms with Crippen LogP contribution in [0.4, 0.5) is 22.7 Å². The van der Waals surface area contributed by atoms with Gasteiger partial charge in [-0.3, -0.25) is 9.52 Å². The summed E-state index contributed by atoms with van der Waals surface area (Å²) in [6.07, 6.45) is 6.74. The van der Waals surface area contributed by atoms with Gasteiger partial charge in [0.2, 0.25) is 10.0 Å². The molecule has 3 heterocycles. The van der Waals surface area contributed by atoms with E-state index in [1.165, 1.54) is 12.8 Å². The highest BCUT2D eigenvalue weighted by molar-refractivity contribution is 7.92. The molecule has 214 valence electrons. The number of piperidine rings is 1. The summed E-state index contributed by atoms with van der Waals surface area (Å²) < 4.78 is 34.9. The number of aliphatic hydroxyl groups excluding tert-OH is 1. The average molecular weight is 568 g/mol. The standard InChI is InChI=1S/C29H37N5O5S/c1-32-9-4-21-18-22(19-26(27(21)32)34-12-15-39-16-13-34)28(36)30-24-3-2-23(31-40(37,38)17-14-35)20-25(24)33-10-7-29(5-6-29)8-11-33/h2-4,9,18-20,31,35H,5-8,10-17H2,1H3,(H,30,36). The second kappa shape index (κ2) is 10.6. The Morgan fingerprint density at radius 1 is 0.975 bits per heavy atom. The lowest BCUT2D eigenvalue weighted by molar-refractivity contribution is 0.102. The van der Waals surface area contributed by atoms with E-state index in [1.54, 1.807) is 18.2 Å². The Hall–Kier alpha value is -3.28. The Morgan fingerprint density at radius 3 is 2.40 bits per heavy atom. The van der Waals surface area contributed by atoms with Crippen LogP contribution in [0.25, 0.3) is 10.9 Å². The van der Waals surface area contributed by atoms with Gasteiger partial charge in [-0.25, -0.2) is 8.42 Å². The molecule has 0 unspecified atom stereocenters. The second-order valence-corrected chi connectivity index (χ2v) is 13.1. The zero-order chi connectivity index (χ0) is 27.9. The van der Waals surface area contributed by atoms with E-state index >= 15 is 0 Å². The number of nitrogens with zero attached hydrogens (tertiary/aromatic N) is 3. The zero-order valence-corrected chi connectivity index (χ0v) is 23.7. The first kappa shape index (κ1) is 26.9. The van der Waals surface area contributed by atoms with Crippen LogP contribution in [0.1, 0.15) is 36.0 Å². The highest BCUT2D eigenvalue weighted by Gasteiger charge is 2.44. The lowest BCUT2D eigenvalue weighted by Crippen LogP contribution is -2.36. The molecule has 2 aliphatic heterocycles. The molecular weight excluding hydrogens is 530 g/mol. The summed E-state index contributed by atoms with van der Waals surface area (Å²) in [7, 11) is -1.66. The number of hydrogen-bond donors (Lipinski definition) is 3. The summed E-state index contributed by atoms with van der Waals surface area (Å²) in [5, 5.41) is 13.3. The monoisotopic (exact) mass is 567 g/mol. The van der Waals surface area contributed by atoms with Gasteiger partial charge in [-0.15, -0.1) is 0 Å². The van der Waals surface area contributed by atoms with Crippen LogP contribution in [0.3, 0.4) is 0 Å². The number of carbonyl (C=O) groups excluding carboxylic acids is 1. The molecule has 0 atom stereocenters. The number of anilines is 4. The molecule has 1 amide bonds. The van der Waals surface area contributed by atoms with E-state index in [2.05, 4.69) is 24.4 Å². The van der Waals surface area contributed by atoms with Gasteiger partial charge in [0.25, 0.3) is 5.91 Å². The van der Waals surface area contributed by atoms with Crippen LogP contribution >= 0.6 is 0 Å². The molecule has 1 aromatic heterocycles. The normalized spacial score (nSPS) is 18.8. The van der Waals surface area contributed by atoms with Gasteiger partial charge < -0.3 is 29.5 Å². The number of rotatable bonds is 8. The Bertz CT molecular complexity index is 1520. The van der Waals surface area contributed by atoms with Gasteiger partial charge in [0, 0.05) is 50.4 Å². The van der Waals surface area contributed by atoms with E-state index in [9.17, 15) is 13.2 Å². The maximum Gasteiger partial charge on any atom is 0.255 e. The number of nitrogens with one attached hydrogen (secondary N) is 2. The molecule has 11 heteroatoms. The third-order valence-corrected chi connectivity index (χ3v) is 9.83. The predicted molar refractivity (Wildman–Crippen MR) is 158 cm³/mol. The fraction of sp³-hybridized carbons (Fsp3) is 0.483. The minimum absolute atomic E-state index is 0.217. The molecule has 10 nitrogen and oxygen atoms in total. The van der Waals surface area contributed by atoms with E-state index in [-0.39, 0.29) is 11.7 Å². The Labute approximate surface area is 234 Å². The SMILES string of the molecule is Cn1ccc2cc(C(=O)Nc3ccc(NS(=O)(=O)CCO)cc3N3CCC4(CC3)CC4)cc(N3CCOCC3)c21. The van der Waals surface area contributed by atoms with Crippen molar-refractivity contribution in [1.82, 2.24) is 4.57 Å². The average Bonchev–Trinajstić information content (AvgIpc) is 3.60. The topological polar surface area (TPSA) is 116 Å². The van der Waals surface area contributed by atoms with E-state index < -0.39 is 16.6 Å². The molecule has 1 aliphatic carbocycles. The molecule has 3 fully saturated rings. The summed E-state index contributed by atoms with van der Waals surface area (Å²) in [6, 6.07) is 11.1. The van der Waals surface area contributed by atoms with Crippen molar-refractivity contribution in [2.45, 2.75) is 25.7 Å². The van der Waals surface area contributed by atoms with Crippen LogP contribution in [0.5, 0.6) is 0 Å². The van der Waals surface area contributed by atoms with Gasteiger partial charge in [0.15, 0.2) is 0 Å². The van der Waals surface area contributed by atoms with Crippen molar-refractivity contribution >= 4 is 49.6 Å². The van der Waals surface area contributed by atoms with Crippen molar-refractivity contribution in [3.63, 3.8) is 0 Å². The fourth-order valence-electron chi connectivity index (χ4n) is 6.00. The van der Waals surface area contributed by atoms with Crippen LogP contribution in [-0.4, -0.2) is 75.8 Å². The third-order valence-electron chi connectivity index (χ3n) is 8.56. The van der Waals surface area contributed by atoms with Gasteiger partial charge in [-0.2, -0.15) is 0 Å². The first-order valence-electron chi connectivity index (χ1n) is 14.0. The van der Waals surface area contributed by atoms with Crippen molar-refractivity contribution in [1.29, 1.82) is 0 Å². The van der Waals surface area contributed by atoms with E-state index in [4.69, 9.17) is 9.84 Å². The van der Waals surface area contributed by atoms with Crippen LogP contribution in [0, 0.1) is 5.41 Å². The van der Waals surface area contributed by atoms with Crippen molar-refractivity contribution in [2.75, 3.05) is 71.6 Å². The number of aliphatic hydroxyl groups is 1. The summed E-state index contributed by atoms with van der Waals surface area (Å²) >= 11 is 0. The summed E-state index contributed by atoms with van der Waals surface area (Å²) in [6.45, 7) is 4.08. The molecule has 3 aliphatic rings. The molecule has 3 N–H and O–H groups in total. The van der Waals surface area contributed by atoms with Crippen LogP contribution in [0.2, 0.25) is 0 Å². The largest absolute Gasteiger partial charge is 0.395 e. The van der Waals surface area contributed by atoms with E-state index in [1.807, 2.05) is 31.4 Å². The molecule has 6 rings (SSSR count). The van der Waals surface area contributed by atoms with Crippen molar-refractivity contribution in [3.8, 4) is 0 Å². The van der Waals surface area contributed by atoms with Crippen LogP contribution < -0.4 is 19.8 Å². The zero-order valence-electron chi connectivity index (χ0n) is 22.9. The first-order chi connectivity index (χ1) is 19.3. The maximum absolute atomic E-state index is 13.7. The molecule has 1 saturated carbocycles. The number of aromatic nitrogens is 1. The number of fused-ring (bicyclic) bond motifs is 1. The lowest BCUT2D eigenvalue weighted by Gasteiger charge is -2.35. The fourth-order valence-corrected chi connectivity index (χ4v) is 6.83. The Balaban J connectivity index is 1.31. The summed E-state index contributed by atoms with van der Waals surface area (Å²) in [5.74, 6) is -0.591. The molecule has 40 heavy (non-hydrogen) atoms. The van der Waals surface area contributed by atoms with Gasteiger partial charge >= 0.3 is 0 Å². The highest BCUT2D eigenvalue weighted by atomic mass is 32.2. The summed E-state index contributed by atoms with van der Waals surface area (Å²) in [5.41, 5.74) is 4.98.